The lowest BCUT2D eigenvalue weighted by Gasteiger charge is -2.15. The number of aromatic nitrogens is 2. The molecule has 1 aromatic heterocycles. The average Bonchev–Trinajstić information content (AvgIpc) is 2.85. The molecule has 3 rings (SSSR count). The third-order valence-electron chi connectivity index (χ3n) is 3.67. The highest BCUT2D eigenvalue weighted by Gasteiger charge is 2.23. The van der Waals surface area contributed by atoms with Crippen LogP contribution in [0.5, 0.6) is 5.75 Å². The van der Waals surface area contributed by atoms with Crippen LogP contribution in [0.1, 0.15) is 11.3 Å². The van der Waals surface area contributed by atoms with Crippen LogP contribution in [0.2, 0.25) is 0 Å². The molecule has 2 heterocycles. The molecule has 0 saturated carbocycles. The van der Waals surface area contributed by atoms with Crippen molar-refractivity contribution in [3.05, 3.63) is 35.5 Å². The van der Waals surface area contributed by atoms with Crippen LogP contribution in [0.25, 0.3) is 11.3 Å². The van der Waals surface area contributed by atoms with Crippen LogP contribution in [0, 0.1) is 0 Å². The molecule has 1 aliphatic rings. The molecule has 3 N–H and O–H groups in total. The van der Waals surface area contributed by atoms with Gasteiger partial charge in [0.2, 0.25) is 5.91 Å². The number of benzene rings is 1. The van der Waals surface area contributed by atoms with Crippen LogP contribution < -0.4 is 15.8 Å². The number of nitrogens with zero attached hydrogens (tertiary/aromatic N) is 2. The summed E-state index contributed by atoms with van der Waals surface area (Å²) in [4.78, 5) is 11.2. The molecule has 0 spiro atoms. The van der Waals surface area contributed by atoms with Crippen molar-refractivity contribution in [3.8, 4) is 17.0 Å². The standard InChI is InChI=1S/C15H18N4O2/c1-21-13-5-3-2-4-10(13)15-11-8-17-7-6-12(11)19(18-15)9-14(16)20/h2-5,17H,6-9H2,1H3,(H2,16,20). The van der Waals surface area contributed by atoms with E-state index in [2.05, 4.69) is 10.4 Å². The Kier molecular flexibility index (Phi) is 3.62. The Labute approximate surface area is 122 Å². The Bertz CT molecular complexity index is 678. The SMILES string of the molecule is COc1ccccc1-c1nn(CC(N)=O)c2c1CNCC2. The second kappa shape index (κ2) is 5.57. The third kappa shape index (κ3) is 2.50. The first-order valence-corrected chi connectivity index (χ1v) is 6.91. The first-order chi connectivity index (χ1) is 10.2. The Balaban J connectivity index is 2.14. The number of hydrogen-bond acceptors (Lipinski definition) is 4. The molecule has 0 saturated heterocycles. The number of nitrogens with one attached hydrogen (secondary N) is 1. The molecular weight excluding hydrogens is 268 g/mol. The van der Waals surface area contributed by atoms with Gasteiger partial charge in [-0.15, -0.1) is 0 Å². The fourth-order valence-corrected chi connectivity index (χ4v) is 2.75. The van der Waals surface area contributed by atoms with Crippen molar-refractivity contribution in [2.45, 2.75) is 19.5 Å². The number of hydrogen-bond donors (Lipinski definition) is 2. The number of carbonyl (C=O) groups is 1. The maximum Gasteiger partial charge on any atom is 0.239 e. The molecule has 1 aliphatic heterocycles. The van der Waals surface area contributed by atoms with E-state index in [1.54, 1.807) is 11.8 Å². The summed E-state index contributed by atoms with van der Waals surface area (Å²) in [5.74, 6) is 0.389. The van der Waals surface area contributed by atoms with Crippen LogP contribution in [-0.4, -0.2) is 29.3 Å². The normalized spacial score (nSPS) is 13.8. The van der Waals surface area contributed by atoms with E-state index in [0.717, 1.165) is 47.8 Å². The molecule has 1 amide bonds. The number of fused-ring (bicyclic) bond motifs is 1. The zero-order valence-electron chi connectivity index (χ0n) is 11.9. The quantitative estimate of drug-likeness (QED) is 0.866. The smallest absolute Gasteiger partial charge is 0.239 e. The number of carbonyl (C=O) groups excluding carboxylic acids is 1. The zero-order chi connectivity index (χ0) is 14.8. The molecule has 6 heteroatoms. The minimum absolute atomic E-state index is 0.109. The van der Waals surface area contributed by atoms with Gasteiger partial charge in [-0.3, -0.25) is 9.48 Å². The van der Waals surface area contributed by atoms with Gasteiger partial charge in [0.25, 0.3) is 0 Å². The largest absolute Gasteiger partial charge is 0.496 e. The van der Waals surface area contributed by atoms with Crippen molar-refractivity contribution in [1.29, 1.82) is 0 Å². The molecule has 110 valence electrons. The maximum absolute atomic E-state index is 11.2. The van der Waals surface area contributed by atoms with E-state index in [9.17, 15) is 4.79 Å². The minimum atomic E-state index is -0.384. The Morgan fingerprint density at radius 1 is 1.48 bits per heavy atom. The Morgan fingerprint density at radius 2 is 2.29 bits per heavy atom. The topological polar surface area (TPSA) is 82.2 Å². The van der Waals surface area contributed by atoms with Crippen molar-refractivity contribution >= 4 is 5.91 Å². The van der Waals surface area contributed by atoms with Gasteiger partial charge in [-0.05, 0) is 12.1 Å². The molecule has 0 aliphatic carbocycles. The predicted molar refractivity (Wildman–Crippen MR) is 78.8 cm³/mol. The first-order valence-electron chi connectivity index (χ1n) is 6.91. The number of nitrogens with two attached hydrogens (primary N) is 1. The number of methoxy groups -OCH3 is 1. The van der Waals surface area contributed by atoms with Gasteiger partial charge in [-0.1, -0.05) is 12.1 Å². The van der Waals surface area contributed by atoms with Gasteiger partial charge in [-0.25, -0.2) is 0 Å². The summed E-state index contributed by atoms with van der Waals surface area (Å²) in [5.41, 5.74) is 9.31. The van der Waals surface area contributed by atoms with Gasteiger partial charge in [0.1, 0.15) is 18.0 Å². The van der Waals surface area contributed by atoms with Crippen LogP contribution in [0.15, 0.2) is 24.3 Å². The van der Waals surface area contributed by atoms with E-state index >= 15 is 0 Å². The summed E-state index contributed by atoms with van der Waals surface area (Å²) in [5, 5.41) is 7.95. The lowest BCUT2D eigenvalue weighted by molar-refractivity contribution is -0.118. The van der Waals surface area contributed by atoms with Crippen molar-refractivity contribution in [2.75, 3.05) is 13.7 Å². The number of ether oxygens (including phenoxy) is 1. The monoisotopic (exact) mass is 286 g/mol. The highest BCUT2D eigenvalue weighted by atomic mass is 16.5. The molecule has 0 radical (unpaired) electrons. The van der Waals surface area contributed by atoms with Crippen molar-refractivity contribution < 1.29 is 9.53 Å². The fraction of sp³-hybridized carbons (Fsp3) is 0.333. The summed E-state index contributed by atoms with van der Waals surface area (Å²) in [6, 6.07) is 7.76. The molecule has 1 aromatic carbocycles. The van der Waals surface area contributed by atoms with E-state index in [4.69, 9.17) is 10.5 Å². The third-order valence-corrected chi connectivity index (χ3v) is 3.67. The molecule has 0 atom stereocenters. The molecule has 0 bridgehead atoms. The van der Waals surface area contributed by atoms with Gasteiger partial charge in [0.15, 0.2) is 0 Å². The highest BCUT2D eigenvalue weighted by Crippen LogP contribution is 2.33. The molecule has 21 heavy (non-hydrogen) atoms. The van der Waals surface area contributed by atoms with Gasteiger partial charge in [0.05, 0.1) is 7.11 Å². The van der Waals surface area contributed by atoms with Gasteiger partial charge in [0, 0.05) is 36.3 Å². The van der Waals surface area contributed by atoms with Gasteiger partial charge < -0.3 is 15.8 Å². The molecule has 0 unspecified atom stereocenters. The molecule has 6 nitrogen and oxygen atoms in total. The predicted octanol–water partition coefficient (Wildman–Crippen LogP) is 0.690. The average molecular weight is 286 g/mol. The second-order valence-electron chi connectivity index (χ2n) is 5.02. The second-order valence-corrected chi connectivity index (χ2v) is 5.02. The van der Waals surface area contributed by atoms with Crippen molar-refractivity contribution in [1.82, 2.24) is 15.1 Å². The number of amides is 1. The summed E-state index contributed by atoms with van der Waals surface area (Å²) in [6.45, 7) is 1.72. The Hall–Kier alpha value is -2.34. The summed E-state index contributed by atoms with van der Waals surface area (Å²) in [6.07, 6.45) is 0.838. The number of para-hydroxylation sites is 1. The lowest BCUT2D eigenvalue weighted by atomic mass is 10.0. The van der Waals surface area contributed by atoms with E-state index in [1.165, 1.54) is 0 Å². The zero-order valence-corrected chi connectivity index (χ0v) is 11.9. The fourth-order valence-electron chi connectivity index (χ4n) is 2.75. The van der Waals surface area contributed by atoms with Crippen LogP contribution in [-0.2, 0) is 24.3 Å². The lowest BCUT2D eigenvalue weighted by Crippen LogP contribution is -2.27. The number of rotatable bonds is 4. The highest BCUT2D eigenvalue weighted by molar-refractivity contribution is 5.75. The van der Waals surface area contributed by atoms with Crippen molar-refractivity contribution in [2.24, 2.45) is 5.73 Å². The first kappa shape index (κ1) is 13.6. The van der Waals surface area contributed by atoms with Crippen LogP contribution in [0.3, 0.4) is 0 Å². The van der Waals surface area contributed by atoms with E-state index in [1.807, 2.05) is 24.3 Å². The maximum atomic E-state index is 11.2. The van der Waals surface area contributed by atoms with E-state index in [0.29, 0.717) is 0 Å². The molecule has 2 aromatic rings. The van der Waals surface area contributed by atoms with Crippen LogP contribution in [0.4, 0.5) is 0 Å². The van der Waals surface area contributed by atoms with E-state index in [-0.39, 0.29) is 12.5 Å². The van der Waals surface area contributed by atoms with Gasteiger partial charge in [-0.2, -0.15) is 5.10 Å². The summed E-state index contributed by atoms with van der Waals surface area (Å²) in [7, 11) is 1.64. The summed E-state index contributed by atoms with van der Waals surface area (Å²) < 4.78 is 7.14. The molecule has 0 fully saturated rings. The summed E-state index contributed by atoms with van der Waals surface area (Å²) >= 11 is 0. The van der Waals surface area contributed by atoms with Gasteiger partial charge >= 0.3 is 0 Å². The van der Waals surface area contributed by atoms with E-state index < -0.39 is 0 Å². The minimum Gasteiger partial charge on any atom is -0.496 e. The van der Waals surface area contributed by atoms with Crippen molar-refractivity contribution in [3.63, 3.8) is 0 Å². The number of primary amides is 1. The Morgan fingerprint density at radius 3 is 3.05 bits per heavy atom. The molecular formula is C15H18N4O2. The van der Waals surface area contributed by atoms with Crippen LogP contribution >= 0.6 is 0 Å².